The highest BCUT2D eigenvalue weighted by Crippen LogP contribution is 2.37. The summed E-state index contributed by atoms with van der Waals surface area (Å²) in [5.41, 5.74) is 1.51. The molecule has 40 heavy (non-hydrogen) atoms. The molecular weight excluding hydrogens is 634 g/mol. The van der Waals surface area contributed by atoms with Gasteiger partial charge >= 0.3 is 0 Å². The first-order valence-electron chi connectivity index (χ1n) is 12.9. The molecule has 2 amide bonds. The second kappa shape index (κ2) is 15.1. The number of methoxy groups -OCH3 is 1. The van der Waals surface area contributed by atoms with Crippen LogP contribution < -0.4 is 14.8 Å². The molecule has 2 aromatic carbocycles. The lowest BCUT2D eigenvalue weighted by Gasteiger charge is -2.40. The first kappa shape index (κ1) is 31.5. The summed E-state index contributed by atoms with van der Waals surface area (Å²) in [6.45, 7) is 1.51. The van der Waals surface area contributed by atoms with Crippen molar-refractivity contribution < 1.29 is 38.8 Å². The molecule has 4 N–H and O–H groups in total. The summed E-state index contributed by atoms with van der Waals surface area (Å²) in [6, 6.07) is 8.14. The fraction of sp³-hybridized carbons (Fsp3) is 0.379. The van der Waals surface area contributed by atoms with Crippen LogP contribution in [0.15, 0.2) is 60.2 Å². The quantitative estimate of drug-likeness (QED) is 0.202. The number of allylic oxidation sites excluding steroid dienone is 1. The number of ether oxygens (including phenoxy) is 2. The van der Waals surface area contributed by atoms with Gasteiger partial charge in [-0.15, -0.1) is 0 Å². The Labute approximate surface area is 246 Å². The number of benzene rings is 2. The number of nitrogens with zero attached hydrogens (tertiary/aromatic N) is 1. The van der Waals surface area contributed by atoms with Crippen molar-refractivity contribution in [2.45, 2.75) is 51.2 Å². The Morgan fingerprint density at radius 2 is 1.93 bits per heavy atom. The number of aliphatic hydroxyl groups is 3. The first-order chi connectivity index (χ1) is 19.2. The Kier molecular flexibility index (Phi) is 11.9. The van der Waals surface area contributed by atoms with E-state index in [2.05, 4.69) is 5.32 Å². The Balaban J connectivity index is 2.04. The van der Waals surface area contributed by atoms with Crippen molar-refractivity contribution in [3.8, 4) is 11.5 Å². The average Bonchev–Trinajstić information content (AvgIpc) is 2.96. The molecule has 3 rings (SSSR count). The van der Waals surface area contributed by atoms with Gasteiger partial charge in [0.15, 0.2) is 11.5 Å². The van der Waals surface area contributed by atoms with E-state index >= 15 is 0 Å². The maximum atomic E-state index is 13.6. The Morgan fingerprint density at radius 3 is 2.55 bits per heavy atom. The van der Waals surface area contributed by atoms with E-state index in [1.54, 1.807) is 30.3 Å². The predicted molar refractivity (Wildman–Crippen MR) is 155 cm³/mol. The van der Waals surface area contributed by atoms with Gasteiger partial charge in [0, 0.05) is 25.1 Å². The van der Waals surface area contributed by atoms with Crippen LogP contribution in [0.4, 0.5) is 4.39 Å². The van der Waals surface area contributed by atoms with E-state index < -0.39 is 30.0 Å². The molecule has 0 heterocycles. The van der Waals surface area contributed by atoms with Gasteiger partial charge in [-0.05, 0) is 76.6 Å². The summed E-state index contributed by atoms with van der Waals surface area (Å²) >= 11 is 2.03. The molecule has 216 valence electrons. The number of carbonyl (C=O) groups is 2. The van der Waals surface area contributed by atoms with E-state index in [1.807, 2.05) is 29.5 Å². The first-order valence-corrected chi connectivity index (χ1v) is 13.9. The summed E-state index contributed by atoms with van der Waals surface area (Å²) < 4.78 is 25.9. The standard InChI is InChI=1S/C29H34FIN2O7/c1-3-4-5-26(36)33(16-18-6-8-21(30)9-7-18)23-14-20(29(38)32-10-11-34)15-24(27(23)37)40-28-22(31)12-19(17-35)13-25(28)39-2/h4-9,12-13,15,23-24,27,34-35,37H,3,10-11,14,16-17H2,1-2H3,(H,32,38)/t23-,24+,27+/m1/s1. The SMILES string of the molecule is CCC=CC(=O)N(Cc1ccc(F)cc1)[C@@H]1CC(C(=O)NCCO)=C[C@H](Oc2c(I)cc(CO)cc2OC)[C@H]1O. The summed E-state index contributed by atoms with van der Waals surface area (Å²) in [5, 5.41) is 33.0. The van der Waals surface area contributed by atoms with Crippen molar-refractivity contribution in [3.63, 3.8) is 0 Å². The highest BCUT2D eigenvalue weighted by molar-refractivity contribution is 14.1. The molecule has 0 radical (unpaired) electrons. The van der Waals surface area contributed by atoms with Crippen LogP contribution in [-0.2, 0) is 22.7 Å². The largest absolute Gasteiger partial charge is 0.493 e. The molecule has 0 spiro atoms. The van der Waals surface area contributed by atoms with Gasteiger partial charge in [0.1, 0.15) is 18.0 Å². The third kappa shape index (κ3) is 8.03. The lowest BCUT2D eigenvalue weighted by Crippen LogP contribution is -2.54. The lowest BCUT2D eigenvalue weighted by molar-refractivity contribution is -0.134. The summed E-state index contributed by atoms with van der Waals surface area (Å²) in [6.07, 6.45) is 2.93. The molecule has 2 aromatic rings. The topological polar surface area (TPSA) is 129 Å². The molecule has 0 saturated carbocycles. The van der Waals surface area contributed by atoms with Crippen molar-refractivity contribution in [3.05, 3.63) is 80.7 Å². The van der Waals surface area contributed by atoms with Crippen molar-refractivity contribution in [2.75, 3.05) is 20.3 Å². The van der Waals surface area contributed by atoms with E-state index in [4.69, 9.17) is 9.47 Å². The van der Waals surface area contributed by atoms with E-state index in [1.165, 1.54) is 36.3 Å². The third-order valence-electron chi connectivity index (χ3n) is 6.39. The predicted octanol–water partition coefficient (Wildman–Crippen LogP) is 2.84. The molecule has 0 unspecified atom stereocenters. The van der Waals surface area contributed by atoms with Crippen LogP contribution in [0.25, 0.3) is 0 Å². The van der Waals surface area contributed by atoms with Crippen LogP contribution in [0, 0.1) is 9.39 Å². The Hall–Kier alpha value is -3.00. The van der Waals surface area contributed by atoms with Gasteiger partial charge in [-0.25, -0.2) is 4.39 Å². The molecule has 0 aromatic heterocycles. The van der Waals surface area contributed by atoms with E-state index in [0.29, 0.717) is 32.6 Å². The molecule has 0 aliphatic heterocycles. The monoisotopic (exact) mass is 668 g/mol. The number of nitrogens with one attached hydrogen (secondary N) is 1. The van der Waals surface area contributed by atoms with Crippen LogP contribution in [0.2, 0.25) is 0 Å². The lowest BCUT2D eigenvalue weighted by atomic mass is 9.87. The van der Waals surface area contributed by atoms with Crippen LogP contribution in [0.3, 0.4) is 0 Å². The molecule has 1 aliphatic rings. The van der Waals surface area contributed by atoms with Crippen LogP contribution in [-0.4, -0.2) is 70.5 Å². The Morgan fingerprint density at radius 1 is 1.20 bits per heavy atom. The van der Waals surface area contributed by atoms with Gasteiger partial charge in [0.25, 0.3) is 0 Å². The van der Waals surface area contributed by atoms with Crippen LogP contribution in [0.5, 0.6) is 11.5 Å². The number of hydrogen-bond acceptors (Lipinski definition) is 7. The van der Waals surface area contributed by atoms with Crippen LogP contribution in [0.1, 0.15) is 30.9 Å². The fourth-order valence-corrected chi connectivity index (χ4v) is 5.15. The number of halogens is 2. The van der Waals surface area contributed by atoms with Crippen molar-refractivity contribution in [1.29, 1.82) is 0 Å². The number of hydrogen-bond donors (Lipinski definition) is 4. The molecule has 1 aliphatic carbocycles. The van der Waals surface area contributed by atoms with Gasteiger partial charge in [0.2, 0.25) is 11.8 Å². The van der Waals surface area contributed by atoms with E-state index in [9.17, 15) is 29.3 Å². The molecule has 3 atom stereocenters. The number of amides is 2. The maximum Gasteiger partial charge on any atom is 0.247 e. The maximum absolute atomic E-state index is 13.6. The normalized spacial score (nSPS) is 18.8. The number of carbonyl (C=O) groups excluding carboxylic acids is 2. The number of aliphatic hydroxyl groups excluding tert-OH is 3. The van der Waals surface area contributed by atoms with Crippen molar-refractivity contribution in [1.82, 2.24) is 10.2 Å². The summed E-state index contributed by atoms with van der Waals surface area (Å²) in [4.78, 5) is 27.8. The zero-order chi connectivity index (χ0) is 29.2. The molecule has 11 heteroatoms. The Bertz CT molecular complexity index is 1240. The summed E-state index contributed by atoms with van der Waals surface area (Å²) in [7, 11) is 1.45. The molecule has 0 bridgehead atoms. The van der Waals surface area contributed by atoms with Gasteiger partial charge in [-0.2, -0.15) is 0 Å². The zero-order valence-electron chi connectivity index (χ0n) is 22.3. The molecular formula is C29H34FIN2O7. The third-order valence-corrected chi connectivity index (χ3v) is 7.19. The molecule has 0 saturated heterocycles. The average molecular weight is 669 g/mol. The van der Waals surface area contributed by atoms with Gasteiger partial charge in [-0.1, -0.05) is 25.1 Å². The highest BCUT2D eigenvalue weighted by atomic mass is 127. The second-order valence-corrected chi connectivity index (χ2v) is 10.3. The molecule has 9 nitrogen and oxygen atoms in total. The van der Waals surface area contributed by atoms with Crippen LogP contribution >= 0.6 is 22.6 Å². The number of rotatable bonds is 12. The van der Waals surface area contributed by atoms with Gasteiger partial charge in [0.05, 0.1) is 29.9 Å². The molecule has 0 fully saturated rings. The highest BCUT2D eigenvalue weighted by Gasteiger charge is 2.40. The minimum atomic E-state index is -1.26. The van der Waals surface area contributed by atoms with Crippen molar-refractivity contribution >= 4 is 34.4 Å². The fourth-order valence-electron chi connectivity index (χ4n) is 4.35. The van der Waals surface area contributed by atoms with E-state index in [0.717, 1.165) is 0 Å². The van der Waals surface area contributed by atoms with E-state index in [-0.39, 0.29) is 44.2 Å². The minimum absolute atomic E-state index is 0.0167. The van der Waals surface area contributed by atoms with Gasteiger partial charge in [-0.3, -0.25) is 9.59 Å². The zero-order valence-corrected chi connectivity index (χ0v) is 24.5. The minimum Gasteiger partial charge on any atom is -0.493 e. The second-order valence-electron chi connectivity index (χ2n) is 9.19. The van der Waals surface area contributed by atoms with Gasteiger partial charge < -0.3 is 35.0 Å². The smallest absolute Gasteiger partial charge is 0.247 e. The summed E-state index contributed by atoms with van der Waals surface area (Å²) in [5.74, 6) is -0.630. The van der Waals surface area contributed by atoms with Crippen molar-refractivity contribution in [2.24, 2.45) is 0 Å².